The van der Waals surface area contributed by atoms with Crippen LogP contribution in [0.2, 0.25) is 0 Å². The molecule has 2 heterocycles. The van der Waals surface area contributed by atoms with Gasteiger partial charge in [-0.1, -0.05) is 25.1 Å². The van der Waals surface area contributed by atoms with Crippen molar-refractivity contribution in [1.29, 1.82) is 0 Å². The molecule has 0 aliphatic rings. The number of anilines is 1. The Hall–Kier alpha value is -3.15. The maximum atomic E-state index is 12.0. The maximum absolute atomic E-state index is 12.0. The van der Waals surface area contributed by atoms with Crippen molar-refractivity contribution in [3.8, 4) is 5.69 Å². The summed E-state index contributed by atoms with van der Waals surface area (Å²) in [4.78, 5) is 16.3. The van der Waals surface area contributed by atoms with Crippen molar-refractivity contribution in [2.75, 3.05) is 11.9 Å². The number of para-hydroxylation sites is 1. The number of nitrogens with zero attached hydrogens (tertiary/aromatic N) is 3. The molecule has 3 aromatic rings. The van der Waals surface area contributed by atoms with Crippen LogP contribution < -0.4 is 10.6 Å². The molecule has 2 aromatic heterocycles. The molecule has 0 radical (unpaired) electrons. The zero-order valence-corrected chi connectivity index (χ0v) is 15.0. The third-order valence-corrected chi connectivity index (χ3v) is 4.08. The van der Waals surface area contributed by atoms with Crippen molar-refractivity contribution in [1.82, 2.24) is 20.1 Å². The molecule has 0 aliphatic carbocycles. The van der Waals surface area contributed by atoms with Crippen LogP contribution in [0.3, 0.4) is 0 Å². The summed E-state index contributed by atoms with van der Waals surface area (Å²) in [5, 5.41) is 10.6. The van der Waals surface area contributed by atoms with Crippen LogP contribution in [0.5, 0.6) is 0 Å². The van der Waals surface area contributed by atoms with Gasteiger partial charge in [-0.3, -0.25) is 4.79 Å². The second kappa shape index (κ2) is 8.29. The lowest BCUT2D eigenvalue weighted by molar-refractivity contribution is 0.0953. The van der Waals surface area contributed by atoms with Gasteiger partial charge in [0.1, 0.15) is 5.82 Å². The van der Waals surface area contributed by atoms with Crippen LogP contribution in [0.4, 0.5) is 5.82 Å². The molecule has 1 unspecified atom stereocenters. The van der Waals surface area contributed by atoms with Gasteiger partial charge in [0.15, 0.2) is 0 Å². The first-order valence-electron chi connectivity index (χ1n) is 8.78. The summed E-state index contributed by atoms with van der Waals surface area (Å²) in [6.45, 7) is 4.76. The van der Waals surface area contributed by atoms with Crippen LogP contribution in [-0.2, 0) is 0 Å². The number of hydrogen-bond acceptors (Lipinski definition) is 4. The average molecular weight is 349 g/mol. The van der Waals surface area contributed by atoms with Gasteiger partial charge in [-0.25, -0.2) is 9.67 Å². The number of benzene rings is 1. The second-order valence-electron chi connectivity index (χ2n) is 6.06. The molecule has 1 amide bonds. The van der Waals surface area contributed by atoms with E-state index in [2.05, 4.69) is 33.7 Å². The minimum Gasteiger partial charge on any atom is -0.363 e. The Morgan fingerprint density at radius 1 is 1.19 bits per heavy atom. The molecule has 0 saturated carbocycles. The average Bonchev–Trinajstić information content (AvgIpc) is 3.21. The van der Waals surface area contributed by atoms with E-state index in [0.717, 1.165) is 23.5 Å². The molecule has 6 nitrogen and oxygen atoms in total. The van der Waals surface area contributed by atoms with E-state index in [-0.39, 0.29) is 11.9 Å². The van der Waals surface area contributed by atoms with E-state index >= 15 is 0 Å². The van der Waals surface area contributed by atoms with Crippen LogP contribution in [0, 0.1) is 0 Å². The first-order chi connectivity index (χ1) is 12.7. The van der Waals surface area contributed by atoms with Gasteiger partial charge < -0.3 is 10.6 Å². The SMILES string of the molecule is CCCNC(=O)c1ccc(NC(C)c2ccccc2-n2cccn2)nc1. The highest BCUT2D eigenvalue weighted by molar-refractivity contribution is 5.94. The van der Waals surface area contributed by atoms with Crippen molar-refractivity contribution < 1.29 is 4.79 Å². The van der Waals surface area contributed by atoms with E-state index in [0.29, 0.717) is 12.1 Å². The Morgan fingerprint density at radius 2 is 2.04 bits per heavy atom. The summed E-state index contributed by atoms with van der Waals surface area (Å²) in [7, 11) is 0. The van der Waals surface area contributed by atoms with E-state index < -0.39 is 0 Å². The van der Waals surface area contributed by atoms with Gasteiger partial charge >= 0.3 is 0 Å². The lowest BCUT2D eigenvalue weighted by atomic mass is 10.1. The normalized spacial score (nSPS) is 11.8. The highest BCUT2D eigenvalue weighted by atomic mass is 16.1. The summed E-state index contributed by atoms with van der Waals surface area (Å²) < 4.78 is 1.85. The number of aromatic nitrogens is 3. The third kappa shape index (κ3) is 4.08. The van der Waals surface area contributed by atoms with Gasteiger partial charge in [-0.2, -0.15) is 5.10 Å². The van der Waals surface area contributed by atoms with Crippen LogP contribution in [0.15, 0.2) is 61.1 Å². The van der Waals surface area contributed by atoms with E-state index in [4.69, 9.17) is 0 Å². The first kappa shape index (κ1) is 17.7. The lowest BCUT2D eigenvalue weighted by Gasteiger charge is -2.18. The molecule has 1 atom stereocenters. The monoisotopic (exact) mass is 349 g/mol. The summed E-state index contributed by atoms with van der Waals surface area (Å²) >= 11 is 0. The first-order valence-corrected chi connectivity index (χ1v) is 8.78. The van der Waals surface area contributed by atoms with Gasteiger partial charge in [0.25, 0.3) is 5.91 Å². The summed E-state index contributed by atoms with van der Waals surface area (Å²) in [5.41, 5.74) is 2.70. The zero-order valence-electron chi connectivity index (χ0n) is 15.0. The maximum Gasteiger partial charge on any atom is 0.252 e. The standard InChI is InChI=1S/C20H23N5O/c1-3-11-21-20(26)16-9-10-19(22-14-16)24-15(2)17-7-4-5-8-18(17)25-13-6-12-23-25/h4-10,12-15H,3,11H2,1-2H3,(H,21,26)(H,22,24). The van der Waals surface area contributed by atoms with Crippen LogP contribution in [-0.4, -0.2) is 27.2 Å². The predicted octanol–water partition coefficient (Wildman–Crippen LogP) is 3.58. The largest absolute Gasteiger partial charge is 0.363 e. The number of carbonyl (C=O) groups excluding carboxylic acids is 1. The number of pyridine rings is 1. The minimum absolute atomic E-state index is 0.0302. The fourth-order valence-corrected chi connectivity index (χ4v) is 2.73. The Kier molecular flexibility index (Phi) is 5.63. The summed E-state index contributed by atoms with van der Waals surface area (Å²) in [6.07, 6.45) is 6.19. The van der Waals surface area contributed by atoms with E-state index in [1.54, 1.807) is 18.5 Å². The lowest BCUT2D eigenvalue weighted by Crippen LogP contribution is -2.24. The zero-order chi connectivity index (χ0) is 18.4. The predicted molar refractivity (Wildman–Crippen MR) is 102 cm³/mol. The molecular formula is C20H23N5O. The molecular weight excluding hydrogens is 326 g/mol. The molecule has 6 heteroatoms. The van der Waals surface area contributed by atoms with E-state index in [9.17, 15) is 4.79 Å². The molecule has 0 spiro atoms. The number of carbonyl (C=O) groups is 1. The Labute approximate surface area is 153 Å². The van der Waals surface area contributed by atoms with E-state index in [1.807, 2.05) is 48.1 Å². The topological polar surface area (TPSA) is 71.8 Å². The quantitative estimate of drug-likeness (QED) is 0.684. The smallest absolute Gasteiger partial charge is 0.252 e. The highest BCUT2D eigenvalue weighted by Crippen LogP contribution is 2.24. The summed E-state index contributed by atoms with van der Waals surface area (Å²) in [6, 6.07) is 13.7. The van der Waals surface area contributed by atoms with Crippen LogP contribution in [0.25, 0.3) is 5.69 Å². The van der Waals surface area contributed by atoms with Crippen LogP contribution in [0.1, 0.15) is 42.2 Å². The third-order valence-electron chi connectivity index (χ3n) is 4.08. The highest BCUT2D eigenvalue weighted by Gasteiger charge is 2.13. The molecule has 26 heavy (non-hydrogen) atoms. The fraction of sp³-hybridized carbons (Fsp3) is 0.250. The van der Waals surface area contributed by atoms with Gasteiger partial charge in [0.05, 0.1) is 17.3 Å². The summed E-state index contributed by atoms with van der Waals surface area (Å²) in [5.74, 6) is 0.628. The Bertz CT molecular complexity index is 843. The van der Waals surface area contributed by atoms with Crippen molar-refractivity contribution in [3.05, 3.63) is 72.2 Å². The van der Waals surface area contributed by atoms with E-state index in [1.165, 1.54) is 0 Å². The van der Waals surface area contributed by atoms with Gasteiger partial charge in [0.2, 0.25) is 0 Å². The number of amides is 1. The molecule has 134 valence electrons. The molecule has 0 bridgehead atoms. The number of rotatable bonds is 7. The molecule has 1 aromatic carbocycles. The van der Waals surface area contributed by atoms with Gasteiger partial charge in [0, 0.05) is 25.1 Å². The van der Waals surface area contributed by atoms with Crippen LogP contribution >= 0.6 is 0 Å². The molecule has 0 saturated heterocycles. The van der Waals surface area contributed by atoms with Crippen molar-refractivity contribution >= 4 is 11.7 Å². The number of hydrogen-bond donors (Lipinski definition) is 2. The fourth-order valence-electron chi connectivity index (χ4n) is 2.73. The van der Waals surface area contributed by atoms with Crippen molar-refractivity contribution in [2.45, 2.75) is 26.3 Å². The number of nitrogens with one attached hydrogen (secondary N) is 2. The van der Waals surface area contributed by atoms with Crippen molar-refractivity contribution in [3.63, 3.8) is 0 Å². The molecule has 2 N–H and O–H groups in total. The van der Waals surface area contributed by atoms with Gasteiger partial charge in [-0.05, 0) is 43.2 Å². The minimum atomic E-state index is -0.0945. The Morgan fingerprint density at radius 3 is 2.73 bits per heavy atom. The van der Waals surface area contributed by atoms with Gasteiger partial charge in [-0.15, -0.1) is 0 Å². The Balaban J connectivity index is 1.73. The molecule has 3 rings (SSSR count). The molecule has 0 fully saturated rings. The van der Waals surface area contributed by atoms with Crippen molar-refractivity contribution in [2.24, 2.45) is 0 Å². The second-order valence-corrected chi connectivity index (χ2v) is 6.06. The molecule has 0 aliphatic heterocycles.